The maximum atomic E-state index is 6.47. The van der Waals surface area contributed by atoms with Crippen molar-refractivity contribution in [3.8, 4) is 5.75 Å². The number of rotatable bonds is 5. The molecular formula is C18H29NO2. The molecule has 1 aliphatic heterocycles. The van der Waals surface area contributed by atoms with Gasteiger partial charge in [-0.2, -0.15) is 0 Å². The molecule has 1 heterocycles. The lowest BCUT2D eigenvalue weighted by Crippen LogP contribution is -2.41. The number of hydrogen-bond donors (Lipinski definition) is 1. The van der Waals surface area contributed by atoms with Crippen LogP contribution in [0.1, 0.15) is 46.1 Å². The van der Waals surface area contributed by atoms with Crippen LogP contribution in [-0.2, 0) is 11.2 Å². The van der Waals surface area contributed by atoms with Crippen LogP contribution >= 0.6 is 0 Å². The number of benzene rings is 1. The molecule has 1 fully saturated rings. The van der Waals surface area contributed by atoms with Crippen molar-refractivity contribution >= 4 is 0 Å². The Labute approximate surface area is 128 Å². The number of nitrogens with two attached hydrogens (primary N) is 1. The Bertz CT molecular complexity index is 465. The summed E-state index contributed by atoms with van der Waals surface area (Å²) >= 11 is 0. The van der Waals surface area contributed by atoms with Crippen LogP contribution in [0.15, 0.2) is 24.3 Å². The SMILES string of the molecule is COc1ccc(CCC(N)C2CC(C)(C)OC2(C)C)cc1. The molecule has 2 rings (SSSR count). The van der Waals surface area contributed by atoms with Gasteiger partial charge in [0.25, 0.3) is 0 Å². The van der Waals surface area contributed by atoms with Gasteiger partial charge in [-0.15, -0.1) is 0 Å². The van der Waals surface area contributed by atoms with E-state index in [1.54, 1.807) is 7.11 Å². The molecule has 2 atom stereocenters. The quantitative estimate of drug-likeness (QED) is 0.902. The first-order valence-corrected chi connectivity index (χ1v) is 7.82. The fraction of sp³-hybridized carbons (Fsp3) is 0.667. The van der Waals surface area contributed by atoms with Crippen molar-refractivity contribution in [2.24, 2.45) is 11.7 Å². The van der Waals surface area contributed by atoms with Crippen LogP contribution in [0.3, 0.4) is 0 Å². The van der Waals surface area contributed by atoms with Gasteiger partial charge in [0.05, 0.1) is 18.3 Å². The molecule has 2 N–H and O–H groups in total. The molecule has 0 spiro atoms. The molecule has 118 valence electrons. The molecule has 3 nitrogen and oxygen atoms in total. The summed E-state index contributed by atoms with van der Waals surface area (Å²) in [5.74, 6) is 1.31. The molecule has 0 aromatic heterocycles. The zero-order valence-corrected chi connectivity index (χ0v) is 14.0. The Morgan fingerprint density at radius 1 is 1.24 bits per heavy atom. The molecule has 0 amide bonds. The summed E-state index contributed by atoms with van der Waals surface area (Å²) in [6.45, 7) is 8.65. The second-order valence-corrected chi connectivity index (χ2v) is 7.33. The predicted molar refractivity (Wildman–Crippen MR) is 86.6 cm³/mol. The highest BCUT2D eigenvalue weighted by Crippen LogP contribution is 2.43. The highest BCUT2D eigenvalue weighted by atomic mass is 16.5. The van der Waals surface area contributed by atoms with Crippen molar-refractivity contribution in [2.75, 3.05) is 7.11 Å². The van der Waals surface area contributed by atoms with Gasteiger partial charge in [-0.1, -0.05) is 12.1 Å². The predicted octanol–water partition coefficient (Wildman–Crippen LogP) is 3.55. The molecule has 3 heteroatoms. The molecule has 1 aliphatic rings. The molecule has 21 heavy (non-hydrogen) atoms. The van der Waals surface area contributed by atoms with Gasteiger partial charge in [-0.3, -0.25) is 0 Å². The molecule has 0 radical (unpaired) electrons. The van der Waals surface area contributed by atoms with Gasteiger partial charge in [0.1, 0.15) is 5.75 Å². The summed E-state index contributed by atoms with van der Waals surface area (Å²) in [5.41, 5.74) is 7.58. The van der Waals surface area contributed by atoms with E-state index in [-0.39, 0.29) is 17.2 Å². The van der Waals surface area contributed by atoms with Gasteiger partial charge in [0, 0.05) is 12.0 Å². The van der Waals surface area contributed by atoms with Gasteiger partial charge < -0.3 is 15.2 Å². The largest absolute Gasteiger partial charge is 0.497 e. The van der Waals surface area contributed by atoms with Crippen LogP contribution in [-0.4, -0.2) is 24.4 Å². The molecule has 0 aliphatic carbocycles. The number of aryl methyl sites for hydroxylation is 1. The summed E-state index contributed by atoms with van der Waals surface area (Å²) in [7, 11) is 1.69. The second kappa shape index (κ2) is 5.98. The minimum atomic E-state index is -0.136. The van der Waals surface area contributed by atoms with Crippen LogP contribution in [0.25, 0.3) is 0 Å². The fourth-order valence-electron chi connectivity index (χ4n) is 3.60. The first-order valence-electron chi connectivity index (χ1n) is 7.82. The summed E-state index contributed by atoms with van der Waals surface area (Å²) in [5, 5.41) is 0. The minimum absolute atomic E-state index is 0.0636. The average molecular weight is 291 g/mol. The number of hydrogen-bond acceptors (Lipinski definition) is 3. The molecule has 1 aromatic carbocycles. The third kappa shape index (κ3) is 3.98. The Morgan fingerprint density at radius 3 is 2.33 bits per heavy atom. The third-order valence-corrected chi connectivity index (χ3v) is 4.59. The molecular weight excluding hydrogens is 262 g/mol. The minimum Gasteiger partial charge on any atom is -0.497 e. The highest BCUT2D eigenvalue weighted by molar-refractivity contribution is 5.27. The van der Waals surface area contributed by atoms with Crippen LogP contribution < -0.4 is 10.5 Å². The molecule has 1 saturated heterocycles. The van der Waals surface area contributed by atoms with Crippen molar-refractivity contribution in [3.05, 3.63) is 29.8 Å². The van der Waals surface area contributed by atoms with Crippen molar-refractivity contribution in [1.29, 1.82) is 0 Å². The lowest BCUT2D eigenvalue weighted by atomic mass is 9.80. The molecule has 2 unspecified atom stereocenters. The second-order valence-electron chi connectivity index (χ2n) is 7.33. The monoisotopic (exact) mass is 291 g/mol. The first kappa shape index (κ1) is 16.3. The smallest absolute Gasteiger partial charge is 0.118 e. The van der Waals surface area contributed by atoms with E-state index >= 15 is 0 Å². The Hall–Kier alpha value is -1.06. The number of methoxy groups -OCH3 is 1. The van der Waals surface area contributed by atoms with Crippen molar-refractivity contribution in [3.63, 3.8) is 0 Å². The Balaban J connectivity index is 1.93. The fourth-order valence-corrected chi connectivity index (χ4v) is 3.60. The van der Waals surface area contributed by atoms with Crippen molar-refractivity contribution in [1.82, 2.24) is 0 Å². The van der Waals surface area contributed by atoms with Crippen LogP contribution in [0.5, 0.6) is 5.75 Å². The van der Waals surface area contributed by atoms with E-state index in [0.29, 0.717) is 5.92 Å². The zero-order valence-electron chi connectivity index (χ0n) is 14.0. The lowest BCUT2D eigenvalue weighted by Gasteiger charge is -2.31. The lowest BCUT2D eigenvalue weighted by molar-refractivity contribution is -0.0767. The third-order valence-electron chi connectivity index (χ3n) is 4.59. The van der Waals surface area contributed by atoms with Gasteiger partial charge in [-0.05, 0) is 64.7 Å². The topological polar surface area (TPSA) is 44.5 Å². The van der Waals surface area contributed by atoms with E-state index in [0.717, 1.165) is 25.0 Å². The van der Waals surface area contributed by atoms with Crippen LogP contribution in [0.4, 0.5) is 0 Å². The van der Waals surface area contributed by atoms with Crippen molar-refractivity contribution < 1.29 is 9.47 Å². The van der Waals surface area contributed by atoms with Gasteiger partial charge in [-0.25, -0.2) is 0 Å². The van der Waals surface area contributed by atoms with Gasteiger partial charge in [0.2, 0.25) is 0 Å². The maximum Gasteiger partial charge on any atom is 0.118 e. The molecule has 0 bridgehead atoms. The van der Waals surface area contributed by atoms with E-state index in [1.807, 2.05) is 12.1 Å². The average Bonchev–Trinajstić information content (AvgIpc) is 2.64. The normalized spacial score (nSPS) is 24.8. The van der Waals surface area contributed by atoms with Crippen molar-refractivity contribution in [2.45, 2.75) is 64.2 Å². The standard InChI is InChI=1S/C18H29NO2/c1-17(2)12-15(18(3,4)21-17)16(19)11-8-13-6-9-14(20-5)10-7-13/h6-7,9-10,15-16H,8,11-12,19H2,1-5H3. The van der Waals surface area contributed by atoms with Gasteiger partial charge >= 0.3 is 0 Å². The Kier molecular flexibility index (Phi) is 4.64. The van der Waals surface area contributed by atoms with E-state index in [9.17, 15) is 0 Å². The summed E-state index contributed by atoms with van der Waals surface area (Å²) in [6.07, 6.45) is 3.02. The summed E-state index contributed by atoms with van der Waals surface area (Å²) < 4.78 is 11.3. The maximum absolute atomic E-state index is 6.47. The summed E-state index contributed by atoms with van der Waals surface area (Å²) in [6, 6.07) is 8.42. The number of ether oxygens (including phenoxy) is 2. The Morgan fingerprint density at radius 2 is 1.86 bits per heavy atom. The van der Waals surface area contributed by atoms with Gasteiger partial charge in [0.15, 0.2) is 0 Å². The van der Waals surface area contributed by atoms with E-state index < -0.39 is 0 Å². The van der Waals surface area contributed by atoms with E-state index in [1.165, 1.54) is 5.56 Å². The molecule has 1 aromatic rings. The highest BCUT2D eigenvalue weighted by Gasteiger charge is 2.47. The summed E-state index contributed by atoms with van der Waals surface area (Å²) in [4.78, 5) is 0. The first-order chi connectivity index (χ1) is 9.73. The van der Waals surface area contributed by atoms with Crippen LogP contribution in [0, 0.1) is 5.92 Å². The van der Waals surface area contributed by atoms with E-state index in [2.05, 4.69) is 39.8 Å². The van der Waals surface area contributed by atoms with Crippen LogP contribution in [0.2, 0.25) is 0 Å². The zero-order chi connectivity index (χ0) is 15.7. The van der Waals surface area contributed by atoms with E-state index in [4.69, 9.17) is 15.2 Å². The molecule has 0 saturated carbocycles.